The topological polar surface area (TPSA) is 129 Å². The minimum atomic E-state index is -1.49. The zero-order valence-corrected chi connectivity index (χ0v) is 25.2. The Balaban J connectivity index is 1.51. The number of hydrogen-bond acceptors (Lipinski definition) is 7. The van der Waals surface area contributed by atoms with Gasteiger partial charge in [-0.15, -0.1) is 6.58 Å². The molecule has 3 N–H and O–H groups in total. The van der Waals surface area contributed by atoms with Crippen molar-refractivity contribution in [2.75, 3.05) is 37.0 Å². The zero-order chi connectivity index (χ0) is 31.1. The van der Waals surface area contributed by atoms with Crippen LogP contribution in [0.2, 0.25) is 0 Å². The summed E-state index contributed by atoms with van der Waals surface area (Å²) in [5, 5.41) is 24.1. The lowest BCUT2D eigenvalue weighted by Crippen LogP contribution is -2.46. The molecule has 2 aromatic carbocycles. The van der Waals surface area contributed by atoms with Gasteiger partial charge in [0.1, 0.15) is 5.75 Å². The van der Waals surface area contributed by atoms with Crippen LogP contribution in [0.1, 0.15) is 56.0 Å². The van der Waals surface area contributed by atoms with Gasteiger partial charge in [-0.1, -0.05) is 13.0 Å². The fraction of sp³-hybridized carbons (Fsp3) is 0.485. The Morgan fingerprint density at radius 1 is 1.23 bits per heavy atom. The molecule has 0 unspecified atom stereocenters. The van der Waals surface area contributed by atoms with Crippen LogP contribution in [0.3, 0.4) is 0 Å². The molecule has 0 bridgehead atoms. The van der Waals surface area contributed by atoms with Gasteiger partial charge in [0.15, 0.2) is 5.60 Å². The van der Waals surface area contributed by atoms with Crippen molar-refractivity contribution in [3.8, 4) is 5.75 Å². The molecule has 2 aromatic rings. The molecule has 2 fully saturated rings. The molecule has 3 aliphatic rings. The molecule has 230 valence electrons. The Labute approximate surface area is 252 Å². The quantitative estimate of drug-likeness (QED) is 0.381. The highest BCUT2D eigenvalue weighted by molar-refractivity contribution is 6.09. The second kappa shape index (κ2) is 11.7. The molecular weight excluding hydrogens is 550 g/mol. The molecule has 3 aliphatic heterocycles. The number of hydrogen-bond donors (Lipinski definition) is 3. The smallest absolute Gasteiger partial charge is 0.264 e. The van der Waals surface area contributed by atoms with Crippen LogP contribution in [-0.2, 0) is 19.9 Å². The number of methoxy groups -OCH3 is 1. The lowest BCUT2D eigenvalue weighted by Gasteiger charge is -2.34. The van der Waals surface area contributed by atoms with Crippen LogP contribution in [0.15, 0.2) is 55.1 Å². The number of likely N-dealkylation sites (tertiary alicyclic amines) is 1. The normalized spacial score (nSPS) is 26.6. The van der Waals surface area contributed by atoms with E-state index < -0.39 is 29.1 Å². The number of aliphatic hydroxyl groups is 2. The van der Waals surface area contributed by atoms with E-state index in [0.717, 1.165) is 12.8 Å². The van der Waals surface area contributed by atoms with E-state index in [0.29, 0.717) is 34.8 Å². The van der Waals surface area contributed by atoms with Crippen molar-refractivity contribution < 1.29 is 34.1 Å². The van der Waals surface area contributed by atoms with Crippen molar-refractivity contribution in [1.29, 1.82) is 0 Å². The number of nitrogens with one attached hydrogen (secondary N) is 1. The van der Waals surface area contributed by atoms with Gasteiger partial charge in [-0.25, -0.2) is 0 Å². The largest absolute Gasteiger partial charge is 0.497 e. The fourth-order valence-electron chi connectivity index (χ4n) is 7.25. The maximum Gasteiger partial charge on any atom is 0.264 e. The van der Waals surface area contributed by atoms with Crippen molar-refractivity contribution in [3.05, 3.63) is 66.2 Å². The molecule has 0 radical (unpaired) electrons. The SMILES string of the molecule is C=CCN1C(=O)[C@@]2(O[C@@H](CC(=O)N3CCC[C@H]3CO)[C@H](C(C)(C)O)[C@H]2C)c2cc(NC(=O)c3ccc(OC)cc3)ccc21. The van der Waals surface area contributed by atoms with Crippen molar-refractivity contribution >= 4 is 29.1 Å². The Bertz CT molecular complexity index is 1400. The fourth-order valence-corrected chi connectivity index (χ4v) is 7.25. The van der Waals surface area contributed by atoms with E-state index in [1.807, 2.05) is 6.92 Å². The highest BCUT2D eigenvalue weighted by Gasteiger charge is 2.66. The van der Waals surface area contributed by atoms with Crippen molar-refractivity contribution in [3.63, 3.8) is 0 Å². The number of carbonyl (C=O) groups is 3. The lowest BCUT2D eigenvalue weighted by atomic mass is 9.70. The van der Waals surface area contributed by atoms with E-state index >= 15 is 0 Å². The van der Waals surface area contributed by atoms with Crippen molar-refractivity contribution in [2.24, 2.45) is 11.8 Å². The number of aliphatic hydroxyl groups excluding tert-OH is 1. The number of ether oxygens (including phenoxy) is 2. The summed E-state index contributed by atoms with van der Waals surface area (Å²) in [6.45, 7) is 9.73. The van der Waals surface area contributed by atoms with Crippen LogP contribution >= 0.6 is 0 Å². The molecule has 43 heavy (non-hydrogen) atoms. The molecule has 0 aromatic heterocycles. The Hall–Kier alpha value is -3.73. The summed E-state index contributed by atoms with van der Waals surface area (Å²) < 4.78 is 11.9. The Morgan fingerprint density at radius 2 is 1.95 bits per heavy atom. The first-order valence-corrected chi connectivity index (χ1v) is 14.8. The van der Waals surface area contributed by atoms with Gasteiger partial charge >= 0.3 is 0 Å². The number of amides is 3. The van der Waals surface area contributed by atoms with E-state index in [4.69, 9.17) is 9.47 Å². The van der Waals surface area contributed by atoms with Gasteiger partial charge in [0.05, 0.1) is 43.6 Å². The molecule has 0 saturated carbocycles. The van der Waals surface area contributed by atoms with Crippen molar-refractivity contribution in [1.82, 2.24) is 4.90 Å². The molecule has 10 heteroatoms. The van der Waals surface area contributed by atoms with E-state index in [1.165, 1.54) is 0 Å². The monoisotopic (exact) mass is 591 g/mol. The molecular formula is C33H41N3O7. The molecule has 10 nitrogen and oxygen atoms in total. The van der Waals surface area contributed by atoms with Crippen molar-refractivity contribution in [2.45, 2.75) is 63.4 Å². The van der Waals surface area contributed by atoms with Gasteiger partial charge < -0.3 is 34.8 Å². The number of rotatable bonds is 9. The highest BCUT2D eigenvalue weighted by Crippen LogP contribution is 2.58. The maximum absolute atomic E-state index is 14.3. The van der Waals surface area contributed by atoms with E-state index in [9.17, 15) is 24.6 Å². The second-order valence-corrected chi connectivity index (χ2v) is 12.2. The average Bonchev–Trinajstić information content (AvgIpc) is 3.63. The summed E-state index contributed by atoms with van der Waals surface area (Å²) in [5.74, 6) is -1.25. The van der Waals surface area contributed by atoms with Gasteiger partial charge in [-0.05, 0) is 69.2 Å². The molecule has 2 saturated heterocycles. The molecule has 3 amide bonds. The van der Waals surface area contributed by atoms with E-state index in [2.05, 4.69) is 11.9 Å². The summed E-state index contributed by atoms with van der Waals surface area (Å²) in [7, 11) is 1.56. The minimum absolute atomic E-state index is 0.0325. The molecule has 0 aliphatic carbocycles. The molecule has 5 atom stereocenters. The molecule has 5 rings (SSSR count). The summed E-state index contributed by atoms with van der Waals surface area (Å²) in [6, 6.07) is 11.8. The highest BCUT2D eigenvalue weighted by atomic mass is 16.5. The zero-order valence-electron chi connectivity index (χ0n) is 25.2. The summed E-state index contributed by atoms with van der Waals surface area (Å²) in [6.07, 6.45) is 2.38. The maximum atomic E-state index is 14.3. The third-order valence-corrected chi connectivity index (χ3v) is 9.19. The third kappa shape index (κ3) is 5.32. The summed E-state index contributed by atoms with van der Waals surface area (Å²) >= 11 is 0. The number of fused-ring (bicyclic) bond motifs is 2. The lowest BCUT2D eigenvalue weighted by molar-refractivity contribution is -0.150. The first-order valence-electron chi connectivity index (χ1n) is 14.8. The van der Waals surface area contributed by atoms with E-state index in [1.54, 1.807) is 79.3 Å². The van der Waals surface area contributed by atoms with Gasteiger partial charge in [0, 0.05) is 41.7 Å². The second-order valence-electron chi connectivity index (χ2n) is 12.2. The molecule has 1 spiro atoms. The number of anilines is 2. The number of carbonyl (C=O) groups excluding carboxylic acids is 3. The van der Waals surface area contributed by atoms with Crippen LogP contribution < -0.4 is 15.0 Å². The van der Waals surface area contributed by atoms with Gasteiger partial charge in [-0.2, -0.15) is 0 Å². The van der Waals surface area contributed by atoms with Crippen LogP contribution in [0.25, 0.3) is 0 Å². The Morgan fingerprint density at radius 3 is 2.58 bits per heavy atom. The first kappa shape index (κ1) is 30.7. The van der Waals surface area contributed by atoms with Gasteiger partial charge in [0.25, 0.3) is 11.8 Å². The Kier molecular flexibility index (Phi) is 8.39. The van der Waals surface area contributed by atoms with Gasteiger partial charge in [-0.3, -0.25) is 14.4 Å². The van der Waals surface area contributed by atoms with Crippen LogP contribution in [0.5, 0.6) is 5.75 Å². The van der Waals surface area contributed by atoms with E-state index in [-0.39, 0.29) is 43.3 Å². The average molecular weight is 592 g/mol. The third-order valence-electron chi connectivity index (χ3n) is 9.19. The van der Waals surface area contributed by atoms with Crippen LogP contribution in [-0.4, -0.2) is 77.4 Å². The van der Waals surface area contributed by atoms with Crippen LogP contribution in [0, 0.1) is 11.8 Å². The first-order chi connectivity index (χ1) is 20.5. The van der Waals surface area contributed by atoms with Gasteiger partial charge in [0.2, 0.25) is 5.91 Å². The predicted octanol–water partition coefficient (Wildman–Crippen LogP) is 3.47. The summed E-state index contributed by atoms with van der Waals surface area (Å²) in [5.41, 5.74) is -0.656. The predicted molar refractivity (Wildman–Crippen MR) is 162 cm³/mol. The number of nitrogens with zero attached hydrogens (tertiary/aromatic N) is 2. The standard InChI is InChI=1S/C33H41N3O7/c1-6-15-36-26-14-11-22(34-30(39)21-9-12-24(42-5)13-10-21)17-25(26)33(31(36)40)20(2)29(32(3,4)41)27(43-33)18-28(38)35-16-7-8-23(35)19-37/h6,9-14,17,20,23,27,29,37,41H,1,7-8,15-16,18-19H2,2-5H3,(H,34,39)/t20-,23+,27+,29-,33+/m1/s1. The summed E-state index contributed by atoms with van der Waals surface area (Å²) in [4.78, 5) is 44.2. The molecule has 3 heterocycles. The number of benzene rings is 2. The van der Waals surface area contributed by atoms with Crippen LogP contribution in [0.4, 0.5) is 11.4 Å². The minimum Gasteiger partial charge on any atom is -0.497 e.